The van der Waals surface area contributed by atoms with E-state index in [1.165, 1.54) is 9.13 Å². The Balaban J connectivity index is 2.40. The van der Waals surface area contributed by atoms with Gasteiger partial charge in [0.05, 0.1) is 6.54 Å². The molecule has 0 fully saturated rings. The number of aryl methyl sites for hydroxylation is 1. The van der Waals surface area contributed by atoms with Gasteiger partial charge in [-0.15, -0.1) is 0 Å². The first-order valence-corrected chi connectivity index (χ1v) is 6.07. The summed E-state index contributed by atoms with van der Waals surface area (Å²) in [5.74, 6) is 0.734. The van der Waals surface area contributed by atoms with Crippen LogP contribution in [0.3, 0.4) is 0 Å². The number of hydrogen-bond acceptors (Lipinski definition) is 4. The molecule has 0 bridgehead atoms. The van der Waals surface area contributed by atoms with E-state index in [4.69, 9.17) is 0 Å². The first-order valence-electron chi connectivity index (χ1n) is 6.07. The summed E-state index contributed by atoms with van der Waals surface area (Å²) in [6.07, 6.45) is 4.87. The highest BCUT2D eigenvalue weighted by atomic mass is 16.2. The SMILES string of the molecule is CCNc1ncccc1Cn1ccn(C)c(=O)c1=O. The van der Waals surface area contributed by atoms with Crippen molar-refractivity contribution in [1.29, 1.82) is 0 Å². The molecule has 2 aromatic rings. The van der Waals surface area contributed by atoms with Crippen molar-refractivity contribution in [2.45, 2.75) is 13.5 Å². The van der Waals surface area contributed by atoms with Crippen molar-refractivity contribution in [1.82, 2.24) is 14.1 Å². The zero-order valence-electron chi connectivity index (χ0n) is 11.0. The minimum Gasteiger partial charge on any atom is -0.370 e. The monoisotopic (exact) mass is 260 g/mol. The second kappa shape index (κ2) is 5.51. The maximum atomic E-state index is 11.9. The Morgan fingerprint density at radius 3 is 2.79 bits per heavy atom. The number of anilines is 1. The number of aromatic nitrogens is 3. The van der Waals surface area contributed by atoms with Gasteiger partial charge in [0.15, 0.2) is 0 Å². The molecule has 0 aromatic carbocycles. The van der Waals surface area contributed by atoms with Crippen molar-refractivity contribution >= 4 is 5.82 Å². The van der Waals surface area contributed by atoms with Crippen molar-refractivity contribution in [2.75, 3.05) is 11.9 Å². The van der Waals surface area contributed by atoms with Crippen molar-refractivity contribution in [2.24, 2.45) is 7.05 Å². The topological polar surface area (TPSA) is 68.9 Å². The molecule has 0 radical (unpaired) electrons. The van der Waals surface area contributed by atoms with Crippen molar-refractivity contribution in [3.63, 3.8) is 0 Å². The Morgan fingerprint density at radius 2 is 2.05 bits per heavy atom. The van der Waals surface area contributed by atoms with Crippen molar-refractivity contribution in [3.05, 3.63) is 57.0 Å². The zero-order valence-corrected chi connectivity index (χ0v) is 11.0. The summed E-state index contributed by atoms with van der Waals surface area (Å²) in [6, 6.07) is 3.69. The minimum absolute atomic E-state index is 0.324. The Bertz CT molecular complexity index is 688. The lowest BCUT2D eigenvalue weighted by molar-refractivity contribution is 0.694. The fraction of sp³-hybridized carbons (Fsp3) is 0.308. The Hall–Kier alpha value is -2.37. The largest absolute Gasteiger partial charge is 0.370 e. The number of hydrogen-bond donors (Lipinski definition) is 1. The molecule has 0 atom stereocenters. The highest BCUT2D eigenvalue weighted by molar-refractivity contribution is 5.43. The van der Waals surface area contributed by atoms with Gasteiger partial charge in [0.1, 0.15) is 5.82 Å². The lowest BCUT2D eigenvalue weighted by Gasteiger charge is -2.11. The molecule has 0 saturated heterocycles. The average molecular weight is 260 g/mol. The van der Waals surface area contributed by atoms with Crippen molar-refractivity contribution in [3.8, 4) is 0 Å². The summed E-state index contributed by atoms with van der Waals surface area (Å²) in [5, 5.41) is 3.13. The molecule has 2 heterocycles. The van der Waals surface area contributed by atoms with E-state index in [1.807, 2.05) is 19.1 Å². The number of nitrogens with zero attached hydrogens (tertiary/aromatic N) is 3. The van der Waals surface area contributed by atoms with Gasteiger partial charge in [-0.3, -0.25) is 9.59 Å². The van der Waals surface area contributed by atoms with Crippen LogP contribution in [-0.2, 0) is 13.6 Å². The summed E-state index contributed by atoms with van der Waals surface area (Å²) in [7, 11) is 1.56. The van der Waals surface area contributed by atoms with Crippen LogP contribution in [0.5, 0.6) is 0 Å². The number of nitrogens with one attached hydrogen (secondary N) is 1. The van der Waals surface area contributed by atoms with Crippen LogP contribution in [0, 0.1) is 0 Å². The van der Waals surface area contributed by atoms with E-state index in [9.17, 15) is 9.59 Å². The number of pyridine rings is 1. The van der Waals surface area contributed by atoms with Crippen LogP contribution in [0.15, 0.2) is 40.3 Å². The van der Waals surface area contributed by atoms with Crippen LogP contribution in [-0.4, -0.2) is 20.7 Å². The van der Waals surface area contributed by atoms with Crippen LogP contribution < -0.4 is 16.4 Å². The highest BCUT2D eigenvalue weighted by Crippen LogP contribution is 2.11. The molecule has 0 unspecified atom stereocenters. The second-order valence-electron chi connectivity index (χ2n) is 4.19. The molecule has 0 aliphatic rings. The Morgan fingerprint density at radius 1 is 1.26 bits per heavy atom. The molecule has 0 saturated carbocycles. The molecular weight excluding hydrogens is 244 g/mol. The van der Waals surface area contributed by atoms with Crippen LogP contribution in [0.4, 0.5) is 5.82 Å². The standard InChI is InChI=1S/C13H16N4O2/c1-3-14-11-10(5-4-6-15-11)9-17-8-7-16(2)12(18)13(17)19/h4-8H,3,9H2,1-2H3,(H,14,15). The lowest BCUT2D eigenvalue weighted by atomic mass is 10.2. The lowest BCUT2D eigenvalue weighted by Crippen LogP contribution is -2.39. The van der Waals surface area contributed by atoms with Gasteiger partial charge in [0.2, 0.25) is 0 Å². The third kappa shape index (κ3) is 2.73. The van der Waals surface area contributed by atoms with Crippen LogP contribution in [0.2, 0.25) is 0 Å². The Labute approximate surface area is 110 Å². The predicted octanol–water partition coefficient (Wildman–Crippen LogP) is 0.422. The quantitative estimate of drug-likeness (QED) is 0.809. The zero-order chi connectivity index (χ0) is 13.8. The van der Waals surface area contributed by atoms with Gasteiger partial charge >= 0.3 is 11.1 Å². The molecule has 2 rings (SSSR count). The van der Waals surface area contributed by atoms with Gasteiger partial charge in [-0.05, 0) is 13.0 Å². The summed E-state index contributed by atoms with van der Waals surface area (Å²) in [6.45, 7) is 3.05. The van der Waals surface area contributed by atoms with Gasteiger partial charge in [0.25, 0.3) is 0 Å². The molecule has 6 heteroatoms. The van der Waals surface area contributed by atoms with Gasteiger partial charge < -0.3 is 14.5 Å². The first kappa shape index (κ1) is 13.1. The molecule has 1 N–H and O–H groups in total. The van der Waals surface area contributed by atoms with Gasteiger partial charge in [-0.25, -0.2) is 4.98 Å². The predicted molar refractivity (Wildman–Crippen MR) is 73.4 cm³/mol. The first-order chi connectivity index (χ1) is 9.13. The van der Waals surface area contributed by atoms with E-state index in [1.54, 1.807) is 25.6 Å². The van der Waals surface area contributed by atoms with Crippen LogP contribution in [0.25, 0.3) is 0 Å². The van der Waals surface area contributed by atoms with Gasteiger partial charge in [-0.2, -0.15) is 0 Å². The molecule has 0 aliphatic carbocycles. The Kier molecular flexibility index (Phi) is 3.79. The summed E-state index contributed by atoms with van der Waals surface area (Å²) >= 11 is 0. The molecule has 0 amide bonds. The molecule has 0 spiro atoms. The number of rotatable bonds is 4. The smallest absolute Gasteiger partial charge is 0.316 e. The third-order valence-electron chi connectivity index (χ3n) is 2.81. The van der Waals surface area contributed by atoms with E-state index in [-0.39, 0.29) is 0 Å². The molecule has 100 valence electrons. The summed E-state index contributed by atoms with van der Waals surface area (Å²) in [4.78, 5) is 27.7. The van der Waals surface area contributed by atoms with Gasteiger partial charge in [-0.1, -0.05) is 6.07 Å². The molecule has 0 aliphatic heterocycles. The van der Waals surface area contributed by atoms with E-state index in [0.717, 1.165) is 17.9 Å². The van der Waals surface area contributed by atoms with Crippen molar-refractivity contribution < 1.29 is 0 Å². The summed E-state index contributed by atoms with van der Waals surface area (Å²) < 4.78 is 2.66. The van der Waals surface area contributed by atoms with Crippen LogP contribution in [0.1, 0.15) is 12.5 Å². The maximum Gasteiger partial charge on any atom is 0.316 e. The fourth-order valence-electron chi connectivity index (χ4n) is 1.79. The minimum atomic E-state index is -0.531. The maximum absolute atomic E-state index is 11.9. The van der Waals surface area contributed by atoms with Crippen LogP contribution >= 0.6 is 0 Å². The van der Waals surface area contributed by atoms with E-state index < -0.39 is 11.1 Å². The fourth-order valence-corrected chi connectivity index (χ4v) is 1.79. The highest BCUT2D eigenvalue weighted by Gasteiger charge is 2.06. The third-order valence-corrected chi connectivity index (χ3v) is 2.81. The van der Waals surface area contributed by atoms with E-state index in [2.05, 4.69) is 10.3 Å². The molecule has 19 heavy (non-hydrogen) atoms. The molecular formula is C13H16N4O2. The van der Waals surface area contributed by atoms with Gasteiger partial charge in [0, 0.05) is 37.7 Å². The van der Waals surface area contributed by atoms with E-state index >= 15 is 0 Å². The average Bonchev–Trinajstić information content (AvgIpc) is 2.42. The van der Waals surface area contributed by atoms with E-state index in [0.29, 0.717) is 6.54 Å². The normalized spacial score (nSPS) is 10.4. The molecule has 2 aromatic heterocycles. The second-order valence-corrected chi connectivity index (χ2v) is 4.19. The molecule has 6 nitrogen and oxygen atoms in total. The summed E-state index contributed by atoms with van der Waals surface area (Å²) in [5.41, 5.74) is -0.188.